The standard InChI is InChI=1S/C24H23N11O9/c1-41-20-10-14(2-4-19(20)43-18-5-3-15(34(37)38)11-16(18)35(39)40)12-26-28-24(36)21-17(13-32-6-8-42-9-7-32)33(31-27-21)23-22(25)29-44-30-23/h2-5,10-12H,6-9,13H2,1H3,(H2,25,29)(H,28,36)/b26-12-. The third kappa shape index (κ3) is 6.39. The maximum Gasteiger partial charge on any atom is 0.318 e. The Kier molecular flexibility index (Phi) is 8.62. The number of methoxy groups -OCH3 is 1. The van der Waals surface area contributed by atoms with E-state index in [9.17, 15) is 25.0 Å². The van der Waals surface area contributed by atoms with Gasteiger partial charge in [-0.3, -0.25) is 29.9 Å². The van der Waals surface area contributed by atoms with Crippen molar-refractivity contribution in [1.82, 2.24) is 35.6 Å². The Labute approximate surface area is 246 Å². The number of hydrazone groups is 1. The summed E-state index contributed by atoms with van der Waals surface area (Å²) in [5.41, 5.74) is 8.00. The summed E-state index contributed by atoms with van der Waals surface area (Å²) in [4.78, 5) is 36.1. The molecule has 0 spiro atoms. The number of aromatic nitrogens is 5. The number of carbonyl (C=O) groups excluding carboxylic acids is 1. The Morgan fingerprint density at radius 1 is 1.11 bits per heavy atom. The summed E-state index contributed by atoms with van der Waals surface area (Å²) in [6.07, 6.45) is 1.32. The van der Waals surface area contributed by atoms with Crippen LogP contribution >= 0.6 is 0 Å². The third-order valence-corrected chi connectivity index (χ3v) is 6.29. The Morgan fingerprint density at radius 2 is 1.89 bits per heavy atom. The monoisotopic (exact) mass is 609 g/mol. The van der Waals surface area contributed by atoms with E-state index in [1.165, 1.54) is 30.1 Å². The number of carbonyl (C=O) groups is 1. The van der Waals surface area contributed by atoms with Gasteiger partial charge < -0.3 is 19.9 Å². The zero-order valence-corrected chi connectivity index (χ0v) is 22.9. The summed E-state index contributed by atoms with van der Waals surface area (Å²) in [6, 6.07) is 7.51. The average Bonchev–Trinajstić information content (AvgIpc) is 3.63. The van der Waals surface area contributed by atoms with E-state index in [-0.39, 0.29) is 41.1 Å². The molecule has 20 heteroatoms. The minimum atomic E-state index is -0.791. The summed E-state index contributed by atoms with van der Waals surface area (Å²) in [6.45, 7) is 2.57. The summed E-state index contributed by atoms with van der Waals surface area (Å²) in [7, 11) is 1.35. The second-order valence-corrected chi connectivity index (χ2v) is 9.04. The van der Waals surface area contributed by atoms with Crippen LogP contribution in [0.3, 0.4) is 0 Å². The van der Waals surface area contributed by atoms with Crippen molar-refractivity contribution in [2.75, 3.05) is 39.1 Å². The SMILES string of the molecule is COc1cc(/C=N\NC(=O)c2nnn(-c3nonc3N)c2CN2CCOCC2)ccc1Oc1ccc([N+](=O)[O-])cc1[N+](=O)[O-]. The maximum absolute atomic E-state index is 13.1. The molecule has 2 aromatic carbocycles. The molecule has 0 radical (unpaired) electrons. The number of nitro benzene ring substituents is 2. The molecule has 0 saturated carbocycles. The van der Waals surface area contributed by atoms with Crippen LogP contribution in [0.15, 0.2) is 46.1 Å². The molecule has 0 bridgehead atoms. The highest BCUT2D eigenvalue weighted by atomic mass is 16.6. The minimum absolute atomic E-state index is 0.0259. The normalized spacial score (nSPS) is 13.6. The molecule has 3 N–H and O–H groups in total. The molecule has 0 aliphatic carbocycles. The highest BCUT2D eigenvalue weighted by Gasteiger charge is 2.26. The first-order valence-corrected chi connectivity index (χ1v) is 12.7. The molecule has 2 aromatic heterocycles. The minimum Gasteiger partial charge on any atom is -0.493 e. The first kappa shape index (κ1) is 29.5. The molecule has 1 aliphatic heterocycles. The number of anilines is 1. The number of non-ortho nitro benzene ring substituents is 1. The molecule has 1 fully saturated rings. The van der Waals surface area contributed by atoms with Crippen LogP contribution in [0, 0.1) is 20.2 Å². The molecule has 0 unspecified atom stereocenters. The lowest BCUT2D eigenvalue weighted by Crippen LogP contribution is -2.37. The number of nitro groups is 2. The average molecular weight is 610 g/mol. The zero-order chi connectivity index (χ0) is 31.2. The summed E-state index contributed by atoms with van der Waals surface area (Å²) < 4.78 is 22.3. The van der Waals surface area contributed by atoms with Gasteiger partial charge in [0.2, 0.25) is 17.4 Å². The fraction of sp³-hybridized carbons (Fsp3) is 0.250. The summed E-state index contributed by atoms with van der Waals surface area (Å²) in [5.74, 6) is -0.580. The van der Waals surface area contributed by atoms with E-state index >= 15 is 0 Å². The van der Waals surface area contributed by atoms with E-state index < -0.39 is 27.1 Å². The fourth-order valence-corrected chi connectivity index (χ4v) is 4.13. The van der Waals surface area contributed by atoms with Crippen molar-refractivity contribution < 1.29 is 33.5 Å². The zero-order valence-electron chi connectivity index (χ0n) is 22.9. The topological polar surface area (TPSA) is 254 Å². The molecule has 0 atom stereocenters. The van der Waals surface area contributed by atoms with Gasteiger partial charge in [-0.15, -0.1) is 5.10 Å². The number of hydrogen-bond acceptors (Lipinski definition) is 16. The van der Waals surface area contributed by atoms with Gasteiger partial charge in [-0.2, -0.15) is 9.78 Å². The van der Waals surface area contributed by atoms with Gasteiger partial charge in [0.15, 0.2) is 17.2 Å². The molecule has 1 amide bonds. The quantitative estimate of drug-likeness (QED) is 0.139. The van der Waals surface area contributed by atoms with Crippen LogP contribution in [0.2, 0.25) is 0 Å². The van der Waals surface area contributed by atoms with Crippen LogP contribution in [0.5, 0.6) is 17.2 Å². The van der Waals surface area contributed by atoms with E-state index in [0.29, 0.717) is 37.6 Å². The smallest absolute Gasteiger partial charge is 0.318 e. The number of nitrogens with zero attached hydrogens (tertiary/aromatic N) is 9. The molecule has 3 heterocycles. The van der Waals surface area contributed by atoms with Gasteiger partial charge in [-0.1, -0.05) is 5.21 Å². The van der Waals surface area contributed by atoms with Crippen molar-refractivity contribution in [3.8, 4) is 23.1 Å². The fourth-order valence-electron chi connectivity index (χ4n) is 4.13. The van der Waals surface area contributed by atoms with Crippen molar-refractivity contribution in [2.45, 2.75) is 6.54 Å². The lowest BCUT2D eigenvalue weighted by Gasteiger charge is -2.26. The molecule has 44 heavy (non-hydrogen) atoms. The summed E-state index contributed by atoms with van der Waals surface area (Å²) >= 11 is 0. The van der Waals surface area contributed by atoms with E-state index in [1.807, 2.05) is 4.90 Å². The second-order valence-electron chi connectivity index (χ2n) is 9.04. The third-order valence-electron chi connectivity index (χ3n) is 6.29. The first-order valence-electron chi connectivity index (χ1n) is 12.7. The van der Waals surface area contributed by atoms with Gasteiger partial charge in [0.1, 0.15) is 0 Å². The predicted molar refractivity (Wildman–Crippen MR) is 148 cm³/mol. The van der Waals surface area contributed by atoms with Gasteiger partial charge in [-0.25, -0.2) is 10.1 Å². The predicted octanol–water partition coefficient (Wildman–Crippen LogP) is 1.45. The van der Waals surface area contributed by atoms with Gasteiger partial charge in [0.05, 0.1) is 48.1 Å². The first-order chi connectivity index (χ1) is 21.2. The molecular weight excluding hydrogens is 586 g/mol. The van der Waals surface area contributed by atoms with E-state index in [2.05, 4.69) is 35.8 Å². The highest BCUT2D eigenvalue weighted by molar-refractivity contribution is 5.94. The molecule has 1 aliphatic rings. The lowest BCUT2D eigenvalue weighted by molar-refractivity contribution is -0.394. The van der Waals surface area contributed by atoms with Crippen LogP contribution in [-0.2, 0) is 11.3 Å². The maximum atomic E-state index is 13.1. The van der Waals surface area contributed by atoms with Crippen LogP contribution in [0.1, 0.15) is 21.7 Å². The molecule has 5 rings (SSSR count). The van der Waals surface area contributed by atoms with Gasteiger partial charge in [0.25, 0.3) is 11.6 Å². The Hall–Kier alpha value is -6.02. The van der Waals surface area contributed by atoms with E-state index in [0.717, 1.165) is 18.2 Å². The number of ether oxygens (including phenoxy) is 3. The highest BCUT2D eigenvalue weighted by Crippen LogP contribution is 2.38. The number of morpholine rings is 1. The number of benzene rings is 2. The number of nitrogens with one attached hydrogen (secondary N) is 1. The number of nitrogen functional groups attached to an aromatic ring is 1. The van der Waals surface area contributed by atoms with Crippen LogP contribution in [0.4, 0.5) is 17.2 Å². The van der Waals surface area contributed by atoms with Gasteiger partial charge >= 0.3 is 5.69 Å². The number of rotatable bonds is 11. The van der Waals surface area contributed by atoms with Crippen molar-refractivity contribution in [1.29, 1.82) is 0 Å². The van der Waals surface area contributed by atoms with Crippen molar-refractivity contribution in [2.24, 2.45) is 5.10 Å². The largest absolute Gasteiger partial charge is 0.493 e. The number of hydrogen-bond donors (Lipinski definition) is 2. The van der Waals surface area contributed by atoms with Crippen LogP contribution < -0.4 is 20.6 Å². The van der Waals surface area contributed by atoms with Crippen LogP contribution in [0.25, 0.3) is 5.82 Å². The van der Waals surface area contributed by atoms with E-state index in [1.54, 1.807) is 6.07 Å². The van der Waals surface area contributed by atoms with E-state index in [4.69, 9.17) is 19.9 Å². The molecule has 1 saturated heterocycles. The number of nitrogens with two attached hydrogens (primary N) is 1. The van der Waals surface area contributed by atoms with Crippen LogP contribution in [-0.4, -0.2) is 85.6 Å². The van der Waals surface area contributed by atoms with Crippen molar-refractivity contribution in [3.63, 3.8) is 0 Å². The molecular formula is C24H23N11O9. The Bertz CT molecular complexity index is 1730. The van der Waals surface area contributed by atoms with Crippen molar-refractivity contribution >= 4 is 29.3 Å². The molecule has 228 valence electrons. The van der Waals surface area contributed by atoms with Gasteiger partial charge in [-0.05, 0) is 40.1 Å². The second kappa shape index (κ2) is 12.9. The number of amides is 1. The Balaban J connectivity index is 1.32. The molecule has 20 nitrogen and oxygen atoms in total. The lowest BCUT2D eigenvalue weighted by atomic mass is 10.2. The summed E-state index contributed by atoms with van der Waals surface area (Å²) in [5, 5.41) is 41.8. The van der Waals surface area contributed by atoms with Crippen molar-refractivity contribution in [3.05, 3.63) is 73.6 Å². The van der Waals surface area contributed by atoms with Gasteiger partial charge in [0, 0.05) is 25.7 Å². The molecule has 4 aromatic rings. The Morgan fingerprint density at radius 3 is 2.57 bits per heavy atom.